The van der Waals surface area contributed by atoms with E-state index in [1.807, 2.05) is 0 Å². The summed E-state index contributed by atoms with van der Waals surface area (Å²) in [6, 6.07) is 5.80. The van der Waals surface area contributed by atoms with Crippen molar-refractivity contribution in [2.75, 3.05) is 0 Å². The molecule has 1 aromatic carbocycles. The Kier molecular flexibility index (Phi) is 6.07. The number of nitrogens with zero attached hydrogens (tertiary/aromatic N) is 1. The summed E-state index contributed by atoms with van der Waals surface area (Å²) in [6.45, 7) is 0. The van der Waals surface area contributed by atoms with Gasteiger partial charge in [-0.2, -0.15) is 5.10 Å². The summed E-state index contributed by atoms with van der Waals surface area (Å²) in [5, 5.41) is 9.02. The van der Waals surface area contributed by atoms with Gasteiger partial charge in [-0.05, 0) is 37.2 Å². The van der Waals surface area contributed by atoms with Crippen LogP contribution in [0.5, 0.6) is 0 Å². The van der Waals surface area contributed by atoms with Crippen LogP contribution in [-0.4, -0.2) is 17.4 Å². The molecule has 0 heterocycles. The highest BCUT2D eigenvalue weighted by Crippen LogP contribution is 2.22. The molecule has 1 saturated carbocycles. The molecule has 3 nitrogen and oxygen atoms in total. The fraction of sp³-hybridized carbons (Fsp3) is 0.429. The molecular formula is C14H17Cl2N3S. The summed E-state index contributed by atoms with van der Waals surface area (Å²) in [5.74, 6) is 0. The van der Waals surface area contributed by atoms with E-state index in [2.05, 4.69) is 15.8 Å². The fourth-order valence-corrected chi connectivity index (χ4v) is 2.97. The van der Waals surface area contributed by atoms with E-state index < -0.39 is 0 Å². The smallest absolute Gasteiger partial charge is 0.187 e. The minimum atomic E-state index is 0.461. The molecule has 0 aromatic heterocycles. The molecule has 0 bridgehead atoms. The number of hydrazone groups is 1. The number of nitrogens with one attached hydrogen (secondary N) is 2. The van der Waals surface area contributed by atoms with Crippen LogP contribution in [0.4, 0.5) is 0 Å². The maximum absolute atomic E-state index is 6.05. The quantitative estimate of drug-likeness (QED) is 0.497. The molecule has 1 aromatic rings. The van der Waals surface area contributed by atoms with Crippen molar-refractivity contribution >= 4 is 46.7 Å². The average Bonchev–Trinajstić information content (AvgIpc) is 2.43. The van der Waals surface area contributed by atoms with Gasteiger partial charge in [-0.25, -0.2) is 0 Å². The minimum Gasteiger partial charge on any atom is -0.359 e. The Morgan fingerprint density at radius 3 is 2.50 bits per heavy atom. The number of thiocarbonyl (C=S) groups is 1. The van der Waals surface area contributed by atoms with Crippen LogP contribution < -0.4 is 10.7 Å². The largest absolute Gasteiger partial charge is 0.359 e. The summed E-state index contributed by atoms with van der Waals surface area (Å²) in [6.07, 6.45) is 7.77. The van der Waals surface area contributed by atoms with E-state index in [0.717, 1.165) is 0 Å². The molecule has 20 heavy (non-hydrogen) atoms. The molecule has 1 aliphatic rings. The van der Waals surface area contributed by atoms with E-state index in [1.165, 1.54) is 32.1 Å². The third kappa shape index (κ3) is 4.62. The molecule has 0 amide bonds. The van der Waals surface area contributed by atoms with Gasteiger partial charge in [-0.3, -0.25) is 5.43 Å². The highest BCUT2D eigenvalue weighted by Gasteiger charge is 2.13. The first-order chi connectivity index (χ1) is 9.66. The second-order valence-corrected chi connectivity index (χ2v) is 6.04. The Hall–Kier alpha value is -0.840. The van der Waals surface area contributed by atoms with Crippen molar-refractivity contribution in [2.24, 2.45) is 5.10 Å². The van der Waals surface area contributed by atoms with Gasteiger partial charge in [0.1, 0.15) is 0 Å². The summed E-state index contributed by atoms with van der Waals surface area (Å²) < 4.78 is 0. The van der Waals surface area contributed by atoms with Gasteiger partial charge in [0.2, 0.25) is 0 Å². The normalized spacial score (nSPS) is 16.3. The van der Waals surface area contributed by atoms with Gasteiger partial charge in [0.25, 0.3) is 0 Å². The van der Waals surface area contributed by atoms with Crippen molar-refractivity contribution in [3.05, 3.63) is 33.8 Å². The van der Waals surface area contributed by atoms with Crippen LogP contribution in [0.1, 0.15) is 37.7 Å². The van der Waals surface area contributed by atoms with Crippen LogP contribution in [-0.2, 0) is 0 Å². The van der Waals surface area contributed by atoms with E-state index in [9.17, 15) is 0 Å². The number of rotatable bonds is 3. The molecule has 0 spiro atoms. The van der Waals surface area contributed by atoms with Crippen LogP contribution >= 0.6 is 35.4 Å². The summed E-state index contributed by atoms with van der Waals surface area (Å²) >= 11 is 17.3. The highest BCUT2D eigenvalue weighted by atomic mass is 35.5. The molecule has 6 heteroatoms. The summed E-state index contributed by atoms with van der Waals surface area (Å²) in [4.78, 5) is 0. The third-order valence-corrected chi connectivity index (χ3v) is 4.17. The van der Waals surface area contributed by atoms with Gasteiger partial charge >= 0.3 is 0 Å². The molecular weight excluding hydrogens is 313 g/mol. The molecule has 0 atom stereocenters. The lowest BCUT2D eigenvalue weighted by atomic mass is 9.96. The predicted molar refractivity (Wildman–Crippen MR) is 89.8 cm³/mol. The molecule has 108 valence electrons. The van der Waals surface area contributed by atoms with Crippen molar-refractivity contribution in [2.45, 2.75) is 38.1 Å². The summed E-state index contributed by atoms with van der Waals surface area (Å²) in [7, 11) is 0. The average molecular weight is 330 g/mol. The molecule has 1 aliphatic carbocycles. The lowest BCUT2D eigenvalue weighted by molar-refractivity contribution is 0.412. The maximum Gasteiger partial charge on any atom is 0.187 e. The maximum atomic E-state index is 6.05. The highest BCUT2D eigenvalue weighted by molar-refractivity contribution is 7.80. The molecule has 0 radical (unpaired) electrons. The molecule has 2 N–H and O–H groups in total. The Morgan fingerprint density at radius 1 is 1.20 bits per heavy atom. The topological polar surface area (TPSA) is 36.4 Å². The third-order valence-electron chi connectivity index (χ3n) is 3.30. The molecule has 0 saturated heterocycles. The van der Waals surface area contributed by atoms with Gasteiger partial charge in [0.05, 0.1) is 16.3 Å². The lowest BCUT2D eigenvalue weighted by Gasteiger charge is -2.23. The lowest BCUT2D eigenvalue weighted by Crippen LogP contribution is -2.40. The fourth-order valence-electron chi connectivity index (χ4n) is 2.25. The van der Waals surface area contributed by atoms with Gasteiger partial charge in [0, 0.05) is 11.6 Å². The van der Waals surface area contributed by atoms with E-state index >= 15 is 0 Å². The first-order valence-electron chi connectivity index (χ1n) is 6.70. The summed E-state index contributed by atoms with van der Waals surface area (Å²) in [5.41, 5.74) is 3.49. The van der Waals surface area contributed by atoms with Crippen molar-refractivity contribution in [1.82, 2.24) is 10.7 Å². The van der Waals surface area contributed by atoms with E-state index in [-0.39, 0.29) is 0 Å². The number of hydrogen-bond acceptors (Lipinski definition) is 2. The van der Waals surface area contributed by atoms with Crippen LogP contribution in [0.15, 0.2) is 23.3 Å². The van der Waals surface area contributed by atoms with Crippen molar-refractivity contribution in [3.63, 3.8) is 0 Å². The predicted octanol–water partition coefficient (Wildman–Crippen LogP) is 4.12. The number of hydrogen-bond donors (Lipinski definition) is 2. The Morgan fingerprint density at radius 2 is 1.85 bits per heavy atom. The van der Waals surface area contributed by atoms with Crippen LogP contribution in [0.3, 0.4) is 0 Å². The molecule has 2 rings (SSSR count). The first-order valence-corrected chi connectivity index (χ1v) is 7.87. The van der Waals surface area contributed by atoms with Gasteiger partial charge in [-0.1, -0.05) is 48.5 Å². The van der Waals surface area contributed by atoms with Crippen molar-refractivity contribution in [1.29, 1.82) is 0 Å². The number of benzene rings is 1. The molecule has 0 aliphatic heterocycles. The second kappa shape index (κ2) is 7.81. The standard InChI is InChI=1S/C14H17Cl2N3S/c15-12-7-4-8-13(16)11(12)9-17-19-14(20)18-10-5-2-1-3-6-10/h4,7-10H,1-3,5-6H2,(H2,18,19,20). The molecule has 0 unspecified atom stereocenters. The van der Waals surface area contributed by atoms with Gasteiger partial charge in [0.15, 0.2) is 5.11 Å². The Bertz CT molecular complexity index is 479. The molecule has 1 fully saturated rings. The van der Waals surface area contributed by atoms with Crippen LogP contribution in [0, 0.1) is 0 Å². The van der Waals surface area contributed by atoms with Gasteiger partial charge in [-0.15, -0.1) is 0 Å². The first kappa shape index (κ1) is 15.5. The Labute approximate surface area is 134 Å². The van der Waals surface area contributed by atoms with Crippen molar-refractivity contribution < 1.29 is 0 Å². The monoisotopic (exact) mass is 329 g/mol. The second-order valence-electron chi connectivity index (χ2n) is 4.81. The SMILES string of the molecule is S=C(NN=Cc1c(Cl)cccc1Cl)NC1CCCCC1. The minimum absolute atomic E-state index is 0.461. The van der Waals surface area contributed by atoms with Gasteiger partial charge < -0.3 is 5.32 Å². The zero-order valence-electron chi connectivity index (χ0n) is 11.0. The van der Waals surface area contributed by atoms with E-state index in [1.54, 1.807) is 24.4 Å². The van der Waals surface area contributed by atoms with Crippen LogP contribution in [0.2, 0.25) is 10.0 Å². The van der Waals surface area contributed by atoms with Crippen LogP contribution in [0.25, 0.3) is 0 Å². The zero-order valence-corrected chi connectivity index (χ0v) is 13.4. The number of halogens is 2. The Balaban J connectivity index is 1.84. The van der Waals surface area contributed by atoms with E-state index in [0.29, 0.717) is 26.8 Å². The zero-order chi connectivity index (χ0) is 14.4. The van der Waals surface area contributed by atoms with E-state index in [4.69, 9.17) is 35.4 Å². The van der Waals surface area contributed by atoms with Crippen molar-refractivity contribution in [3.8, 4) is 0 Å².